The Morgan fingerprint density at radius 1 is 1.30 bits per heavy atom. The number of pyridine rings is 1. The standard InChI is InChI=1S/C15H20N4O4/c1-8-10(4-5-11(20)16-7-6-12(21)22)9(2)17-14-13(8)15(23)18-19(14)3/h4-7H2,1-3H3,(H,16,20)(H,18,23)(H,21,22). The molecular weight excluding hydrogens is 300 g/mol. The van der Waals surface area contributed by atoms with Gasteiger partial charge in [0.05, 0.1) is 11.8 Å². The number of H-pyrrole nitrogens is 1. The van der Waals surface area contributed by atoms with E-state index in [2.05, 4.69) is 15.4 Å². The van der Waals surface area contributed by atoms with Crippen molar-refractivity contribution in [1.29, 1.82) is 0 Å². The molecule has 0 radical (unpaired) electrons. The molecule has 2 rings (SSSR count). The normalized spacial score (nSPS) is 10.9. The van der Waals surface area contributed by atoms with Crippen LogP contribution >= 0.6 is 0 Å². The summed E-state index contributed by atoms with van der Waals surface area (Å²) in [6, 6.07) is 0. The summed E-state index contributed by atoms with van der Waals surface area (Å²) in [7, 11) is 1.73. The first kappa shape index (κ1) is 16.7. The zero-order chi connectivity index (χ0) is 17.1. The van der Waals surface area contributed by atoms with Gasteiger partial charge in [0.25, 0.3) is 5.56 Å². The zero-order valence-corrected chi connectivity index (χ0v) is 13.4. The second kappa shape index (κ2) is 6.64. The summed E-state index contributed by atoms with van der Waals surface area (Å²) in [6.45, 7) is 3.81. The predicted octanol–water partition coefficient (Wildman–Crippen LogP) is 0.402. The summed E-state index contributed by atoms with van der Waals surface area (Å²) < 4.78 is 1.58. The average molecular weight is 320 g/mol. The lowest BCUT2D eigenvalue weighted by Crippen LogP contribution is -2.26. The lowest BCUT2D eigenvalue weighted by molar-refractivity contribution is -0.136. The molecule has 0 fully saturated rings. The first-order valence-corrected chi connectivity index (χ1v) is 7.34. The minimum atomic E-state index is -0.949. The molecule has 2 aromatic rings. The fourth-order valence-electron chi connectivity index (χ4n) is 2.65. The molecule has 124 valence electrons. The number of nitrogens with zero attached hydrogens (tertiary/aromatic N) is 2. The quantitative estimate of drug-likeness (QED) is 0.712. The number of aromatic amines is 1. The number of hydrogen-bond acceptors (Lipinski definition) is 4. The van der Waals surface area contributed by atoms with E-state index in [1.807, 2.05) is 13.8 Å². The van der Waals surface area contributed by atoms with Crippen LogP contribution in [0.15, 0.2) is 4.79 Å². The molecule has 0 saturated heterocycles. The molecule has 0 bridgehead atoms. The molecule has 0 aliphatic carbocycles. The van der Waals surface area contributed by atoms with E-state index in [1.165, 1.54) is 0 Å². The fourth-order valence-corrected chi connectivity index (χ4v) is 2.65. The largest absolute Gasteiger partial charge is 0.481 e. The number of carbonyl (C=O) groups is 2. The second-order valence-electron chi connectivity index (χ2n) is 5.49. The highest BCUT2D eigenvalue weighted by Crippen LogP contribution is 2.20. The number of carbonyl (C=O) groups excluding carboxylic acids is 1. The minimum Gasteiger partial charge on any atom is -0.481 e. The van der Waals surface area contributed by atoms with Crippen LogP contribution < -0.4 is 10.9 Å². The molecule has 0 saturated carbocycles. The Kier molecular flexibility index (Phi) is 4.83. The van der Waals surface area contributed by atoms with E-state index >= 15 is 0 Å². The van der Waals surface area contributed by atoms with E-state index in [-0.39, 0.29) is 30.9 Å². The SMILES string of the molecule is Cc1nc2c(c(C)c1CCC(=O)NCCC(=O)O)c(=O)[nH]n2C. The Morgan fingerprint density at radius 2 is 2.00 bits per heavy atom. The van der Waals surface area contributed by atoms with Crippen molar-refractivity contribution in [2.24, 2.45) is 7.05 Å². The fraction of sp³-hybridized carbons (Fsp3) is 0.467. The molecule has 0 spiro atoms. The van der Waals surface area contributed by atoms with E-state index in [1.54, 1.807) is 11.7 Å². The van der Waals surface area contributed by atoms with Gasteiger partial charge >= 0.3 is 5.97 Å². The van der Waals surface area contributed by atoms with Gasteiger partial charge in [0.15, 0.2) is 5.65 Å². The van der Waals surface area contributed by atoms with E-state index in [0.29, 0.717) is 17.5 Å². The molecule has 8 heteroatoms. The van der Waals surface area contributed by atoms with Gasteiger partial charge in [0, 0.05) is 25.7 Å². The molecule has 0 unspecified atom stereocenters. The van der Waals surface area contributed by atoms with E-state index in [4.69, 9.17) is 5.11 Å². The van der Waals surface area contributed by atoms with Gasteiger partial charge in [-0.15, -0.1) is 0 Å². The molecule has 0 aliphatic rings. The van der Waals surface area contributed by atoms with Gasteiger partial charge in [-0.25, -0.2) is 4.98 Å². The van der Waals surface area contributed by atoms with E-state index < -0.39 is 5.97 Å². The smallest absolute Gasteiger partial charge is 0.305 e. The average Bonchev–Trinajstić information content (AvgIpc) is 2.72. The highest BCUT2D eigenvalue weighted by Gasteiger charge is 2.16. The summed E-state index contributed by atoms with van der Waals surface area (Å²) in [4.78, 5) is 38.6. The number of carboxylic acids is 1. The number of aromatic nitrogens is 3. The summed E-state index contributed by atoms with van der Waals surface area (Å²) in [6.07, 6.45) is 0.573. The molecule has 23 heavy (non-hydrogen) atoms. The summed E-state index contributed by atoms with van der Waals surface area (Å²) in [5.74, 6) is -1.16. The number of rotatable bonds is 6. The lowest BCUT2D eigenvalue weighted by Gasteiger charge is -2.10. The van der Waals surface area contributed by atoms with Crippen molar-refractivity contribution >= 4 is 22.9 Å². The summed E-state index contributed by atoms with van der Waals surface area (Å²) in [5, 5.41) is 14.3. The van der Waals surface area contributed by atoms with Gasteiger partial charge < -0.3 is 10.4 Å². The molecule has 1 amide bonds. The number of amides is 1. The Morgan fingerprint density at radius 3 is 2.65 bits per heavy atom. The molecule has 0 aliphatic heterocycles. The third-order valence-corrected chi connectivity index (χ3v) is 3.84. The number of aliphatic carboxylic acids is 1. The number of nitrogens with one attached hydrogen (secondary N) is 2. The second-order valence-corrected chi connectivity index (χ2v) is 5.49. The van der Waals surface area contributed by atoms with Crippen LogP contribution in [0.1, 0.15) is 29.7 Å². The topological polar surface area (TPSA) is 117 Å². The molecule has 3 N–H and O–H groups in total. The van der Waals surface area contributed by atoms with Gasteiger partial charge in [-0.05, 0) is 31.4 Å². The van der Waals surface area contributed by atoms with Crippen LogP contribution in [0.25, 0.3) is 11.0 Å². The highest BCUT2D eigenvalue weighted by molar-refractivity contribution is 5.81. The first-order chi connectivity index (χ1) is 10.8. The van der Waals surface area contributed by atoms with Gasteiger partial charge in [0.2, 0.25) is 5.91 Å². The monoisotopic (exact) mass is 320 g/mol. The van der Waals surface area contributed by atoms with Crippen LogP contribution in [0.5, 0.6) is 0 Å². The van der Waals surface area contributed by atoms with Crippen LogP contribution in [0.2, 0.25) is 0 Å². The number of fused-ring (bicyclic) bond motifs is 1. The molecule has 0 atom stereocenters. The molecule has 8 nitrogen and oxygen atoms in total. The minimum absolute atomic E-state index is 0.100. The van der Waals surface area contributed by atoms with Crippen LogP contribution in [-0.2, 0) is 23.1 Å². The van der Waals surface area contributed by atoms with Gasteiger partial charge in [-0.3, -0.25) is 24.2 Å². The summed E-state index contributed by atoms with van der Waals surface area (Å²) >= 11 is 0. The van der Waals surface area contributed by atoms with Crippen molar-refractivity contribution in [3.05, 3.63) is 27.2 Å². The third kappa shape index (κ3) is 3.58. The highest BCUT2D eigenvalue weighted by atomic mass is 16.4. The molecular formula is C15H20N4O4. The van der Waals surface area contributed by atoms with Crippen LogP contribution in [0.3, 0.4) is 0 Å². The van der Waals surface area contributed by atoms with Crippen LogP contribution in [-0.4, -0.2) is 38.3 Å². The Hall–Kier alpha value is -2.64. The third-order valence-electron chi connectivity index (χ3n) is 3.84. The lowest BCUT2D eigenvalue weighted by atomic mass is 10.0. The zero-order valence-electron chi connectivity index (χ0n) is 13.4. The molecule has 2 heterocycles. The van der Waals surface area contributed by atoms with E-state index in [0.717, 1.165) is 16.8 Å². The van der Waals surface area contributed by atoms with Crippen molar-refractivity contribution in [1.82, 2.24) is 20.1 Å². The van der Waals surface area contributed by atoms with Gasteiger partial charge in [-0.2, -0.15) is 0 Å². The van der Waals surface area contributed by atoms with Crippen LogP contribution in [0, 0.1) is 13.8 Å². The van der Waals surface area contributed by atoms with E-state index in [9.17, 15) is 14.4 Å². The van der Waals surface area contributed by atoms with Gasteiger partial charge in [-0.1, -0.05) is 0 Å². The Labute approximate surface area is 132 Å². The maximum absolute atomic E-state index is 12.0. The first-order valence-electron chi connectivity index (χ1n) is 7.34. The maximum atomic E-state index is 12.0. The van der Waals surface area contributed by atoms with Crippen molar-refractivity contribution in [3.63, 3.8) is 0 Å². The Balaban J connectivity index is 2.14. The van der Waals surface area contributed by atoms with Crippen molar-refractivity contribution in [2.75, 3.05) is 6.54 Å². The summed E-state index contributed by atoms with van der Waals surface area (Å²) in [5.41, 5.74) is 2.89. The molecule has 2 aromatic heterocycles. The maximum Gasteiger partial charge on any atom is 0.305 e. The van der Waals surface area contributed by atoms with Crippen LogP contribution in [0.4, 0.5) is 0 Å². The molecule has 0 aromatic carbocycles. The predicted molar refractivity (Wildman–Crippen MR) is 84.4 cm³/mol. The van der Waals surface area contributed by atoms with Crippen molar-refractivity contribution in [2.45, 2.75) is 33.1 Å². The number of hydrogen-bond donors (Lipinski definition) is 3. The number of carboxylic acid groups (broad SMARTS) is 1. The number of aryl methyl sites for hydroxylation is 3. The van der Waals surface area contributed by atoms with Crippen molar-refractivity contribution < 1.29 is 14.7 Å². The Bertz CT molecular complexity index is 819. The van der Waals surface area contributed by atoms with Crippen molar-refractivity contribution in [3.8, 4) is 0 Å². The van der Waals surface area contributed by atoms with Gasteiger partial charge in [0.1, 0.15) is 0 Å².